The molecule has 2 aromatic rings. The van der Waals surface area contributed by atoms with Gasteiger partial charge in [-0.1, -0.05) is 36.7 Å². The minimum absolute atomic E-state index is 0.286. The summed E-state index contributed by atoms with van der Waals surface area (Å²) in [6, 6.07) is 12.6. The lowest BCUT2D eigenvalue weighted by molar-refractivity contribution is -0.134. The maximum atomic E-state index is 12.8. The average molecular weight is 344 g/mol. The summed E-state index contributed by atoms with van der Waals surface area (Å²) in [7, 11) is 0. The second kappa shape index (κ2) is 6.29. The molecule has 1 aliphatic rings. The van der Waals surface area contributed by atoms with Crippen LogP contribution in [0, 0.1) is 0 Å². The molecule has 1 atom stereocenters. The van der Waals surface area contributed by atoms with Gasteiger partial charge in [-0.15, -0.1) is 0 Å². The van der Waals surface area contributed by atoms with Crippen LogP contribution in [0.4, 0.5) is 5.69 Å². The number of rotatable bonds is 3. The van der Waals surface area contributed by atoms with Gasteiger partial charge in [-0.25, -0.2) is 4.79 Å². The molecule has 1 heterocycles. The van der Waals surface area contributed by atoms with Gasteiger partial charge in [0.15, 0.2) is 5.60 Å². The van der Waals surface area contributed by atoms with Gasteiger partial charge in [-0.3, -0.25) is 4.79 Å². The Bertz CT molecular complexity index is 818. The number of carbonyl (C=O) groups is 2. The van der Waals surface area contributed by atoms with Crippen molar-refractivity contribution in [3.8, 4) is 0 Å². The molecule has 124 valence electrons. The van der Waals surface area contributed by atoms with Crippen LogP contribution in [0.15, 0.2) is 42.5 Å². The second-order valence-electron chi connectivity index (χ2n) is 6.06. The molecule has 0 saturated carbocycles. The van der Waals surface area contributed by atoms with Gasteiger partial charge in [0.1, 0.15) is 0 Å². The van der Waals surface area contributed by atoms with Crippen molar-refractivity contribution >= 4 is 29.2 Å². The van der Waals surface area contributed by atoms with E-state index < -0.39 is 11.6 Å². The molecule has 1 aliphatic heterocycles. The first-order valence-corrected chi connectivity index (χ1v) is 8.22. The fourth-order valence-electron chi connectivity index (χ4n) is 2.90. The fourth-order valence-corrected chi connectivity index (χ4v) is 3.09. The van der Waals surface area contributed by atoms with Gasteiger partial charge < -0.3 is 10.1 Å². The Kier molecular flexibility index (Phi) is 4.33. The number of amides is 1. The number of hydrogen-bond acceptors (Lipinski definition) is 3. The molecule has 2 aromatic carbocycles. The van der Waals surface area contributed by atoms with Crippen LogP contribution in [-0.2, 0) is 22.4 Å². The zero-order valence-electron chi connectivity index (χ0n) is 13.6. The fraction of sp³-hybridized carbons (Fsp3) is 0.263. The predicted octanol–water partition coefficient (Wildman–Crippen LogP) is 4.01. The van der Waals surface area contributed by atoms with Gasteiger partial charge >= 0.3 is 5.97 Å². The zero-order chi connectivity index (χ0) is 17.3. The first kappa shape index (κ1) is 16.5. The van der Waals surface area contributed by atoms with Crippen molar-refractivity contribution in [2.75, 3.05) is 5.32 Å². The highest BCUT2D eigenvalue weighted by Gasteiger charge is 2.42. The molecule has 24 heavy (non-hydrogen) atoms. The first-order valence-electron chi connectivity index (χ1n) is 7.84. The Morgan fingerprint density at radius 3 is 2.79 bits per heavy atom. The topological polar surface area (TPSA) is 55.4 Å². The first-order chi connectivity index (χ1) is 11.4. The monoisotopic (exact) mass is 343 g/mol. The van der Waals surface area contributed by atoms with Crippen LogP contribution in [0.2, 0.25) is 5.02 Å². The van der Waals surface area contributed by atoms with E-state index in [9.17, 15) is 9.59 Å². The number of cyclic esters (lactones) is 1. The highest BCUT2D eigenvalue weighted by Crippen LogP contribution is 2.31. The minimum atomic E-state index is -1.27. The maximum Gasteiger partial charge on any atom is 0.339 e. The molecule has 1 unspecified atom stereocenters. The van der Waals surface area contributed by atoms with Gasteiger partial charge in [-0.2, -0.15) is 0 Å². The van der Waals surface area contributed by atoms with Gasteiger partial charge in [0.05, 0.1) is 5.56 Å². The lowest BCUT2D eigenvalue weighted by atomic mass is 9.89. The van der Waals surface area contributed by atoms with E-state index in [2.05, 4.69) is 5.32 Å². The molecule has 0 bridgehead atoms. The quantitative estimate of drug-likeness (QED) is 0.856. The van der Waals surface area contributed by atoms with Crippen LogP contribution in [0.1, 0.15) is 35.3 Å². The third-order valence-corrected chi connectivity index (χ3v) is 4.49. The van der Waals surface area contributed by atoms with Crippen molar-refractivity contribution in [1.82, 2.24) is 0 Å². The summed E-state index contributed by atoms with van der Waals surface area (Å²) in [4.78, 5) is 25.0. The van der Waals surface area contributed by atoms with Crippen LogP contribution in [-0.4, -0.2) is 17.5 Å². The standard InChI is InChI=1S/C19H18ClNO3/c1-3-12-6-4-5-7-16(12)21-18(23)19(2)11-13-10-14(20)8-9-15(13)17(22)24-19/h4-10H,3,11H2,1-2H3,(H,21,23). The van der Waals surface area contributed by atoms with E-state index in [1.807, 2.05) is 31.2 Å². The van der Waals surface area contributed by atoms with E-state index in [-0.39, 0.29) is 12.3 Å². The minimum Gasteiger partial charge on any atom is -0.445 e. The van der Waals surface area contributed by atoms with Gasteiger partial charge in [-0.05, 0) is 48.7 Å². The molecule has 0 saturated heterocycles. The second-order valence-corrected chi connectivity index (χ2v) is 6.50. The van der Waals surface area contributed by atoms with Crippen molar-refractivity contribution in [1.29, 1.82) is 0 Å². The molecule has 0 fully saturated rings. The molecular formula is C19H18ClNO3. The molecule has 1 amide bonds. The lowest BCUT2D eigenvalue weighted by Gasteiger charge is -2.33. The number of nitrogens with one attached hydrogen (secondary N) is 1. The van der Waals surface area contributed by atoms with Crippen LogP contribution < -0.4 is 5.32 Å². The van der Waals surface area contributed by atoms with Crippen molar-refractivity contribution in [2.24, 2.45) is 0 Å². The van der Waals surface area contributed by atoms with E-state index in [0.29, 0.717) is 10.6 Å². The summed E-state index contributed by atoms with van der Waals surface area (Å²) < 4.78 is 5.45. The van der Waals surface area contributed by atoms with Gasteiger partial charge in [0.25, 0.3) is 5.91 Å². The van der Waals surface area contributed by atoms with Crippen LogP contribution >= 0.6 is 11.6 Å². The molecule has 5 heteroatoms. The van der Waals surface area contributed by atoms with E-state index in [1.54, 1.807) is 25.1 Å². The molecule has 0 aliphatic carbocycles. The molecule has 0 spiro atoms. The highest BCUT2D eigenvalue weighted by molar-refractivity contribution is 6.30. The number of halogens is 1. The van der Waals surface area contributed by atoms with Crippen molar-refractivity contribution in [3.05, 3.63) is 64.2 Å². The Morgan fingerprint density at radius 1 is 1.29 bits per heavy atom. The summed E-state index contributed by atoms with van der Waals surface area (Å²) in [5.74, 6) is -0.850. The zero-order valence-corrected chi connectivity index (χ0v) is 14.3. The van der Waals surface area contributed by atoms with Crippen LogP contribution in [0.5, 0.6) is 0 Å². The van der Waals surface area contributed by atoms with E-state index in [0.717, 1.165) is 23.2 Å². The SMILES string of the molecule is CCc1ccccc1NC(=O)C1(C)Cc2cc(Cl)ccc2C(=O)O1. The molecule has 4 nitrogen and oxygen atoms in total. The maximum absolute atomic E-state index is 12.8. The van der Waals surface area contributed by atoms with Gasteiger partial charge in [0, 0.05) is 17.1 Å². The number of benzene rings is 2. The summed E-state index contributed by atoms with van der Waals surface area (Å²) >= 11 is 6.01. The number of carbonyl (C=O) groups excluding carboxylic acids is 2. The summed E-state index contributed by atoms with van der Waals surface area (Å²) in [6.07, 6.45) is 1.08. The number of fused-ring (bicyclic) bond motifs is 1. The number of para-hydroxylation sites is 1. The smallest absolute Gasteiger partial charge is 0.339 e. The Hall–Kier alpha value is -2.33. The predicted molar refractivity (Wildman–Crippen MR) is 93.4 cm³/mol. The van der Waals surface area contributed by atoms with Gasteiger partial charge in [0.2, 0.25) is 0 Å². The normalized spacial score (nSPS) is 19.4. The van der Waals surface area contributed by atoms with Crippen molar-refractivity contribution in [3.63, 3.8) is 0 Å². The van der Waals surface area contributed by atoms with Crippen LogP contribution in [0.25, 0.3) is 0 Å². The van der Waals surface area contributed by atoms with E-state index in [4.69, 9.17) is 16.3 Å². The number of ether oxygens (including phenoxy) is 1. The molecule has 3 rings (SSSR count). The number of hydrogen-bond donors (Lipinski definition) is 1. The molecule has 1 N–H and O–H groups in total. The summed E-state index contributed by atoms with van der Waals surface area (Å²) in [6.45, 7) is 3.64. The van der Waals surface area contributed by atoms with E-state index in [1.165, 1.54) is 0 Å². The van der Waals surface area contributed by atoms with Crippen LogP contribution in [0.3, 0.4) is 0 Å². The Labute approximate surface area is 145 Å². The number of esters is 1. The average Bonchev–Trinajstić information content (AvgIpc) is 2.54. The largest absolute Gasteiger partial charge is 0.445 e. The third kappa shape index (κ3) is 3.02. The number of anilines is 1. The summed E-state index contributed by atoms with van der Waals surface area (Å²) in [5, 5.41) is 3.42. The molecule has 0 aromatic heterocycles. The van der Waals surface area contributed by atoms with Crippen molar-refractivity contribution in [2.45, 2.75) is 32.3 Å². The number of aryl methyl sites for hydroxylation is 1. The summed E-state index contributed by atoms with van der Waals surface area (Å²) in [5.41, 5.74) is 1.67. The third-order valence-electron chi connectivity index (χ3n) is 4.26. The molecule has 0 radical (unpaired) electrons. The lowest BCUT2D eigenvalue weighted by Crippen LogP contribution is -2.49. The van der Waals surface area contributed by atoms with Crippen molar-refractivity contribution < 1.29 is 14.3 Å². The Morgan fingerprint density at radius 2 is 2.04 bits per heavy atom. The van der Waals surface area contributed by atoms with E-state index >= 15 is 0 Å². The molecular weight excluding hydrogens is 326 g/mol. The highest BCUT2D eigenvalue weighted by atomic mass is 35.5. The Balaban J connectivity index is 1.88.